The van der Waals surface area contributed by atoms with E-state index in [2.05, 4.69) is 0 Å². The van der Waals surface area contributed by atoms with Crippen molar-refractivity contribution in [2.75, 3.05) is 0 Å². The fraction of sp³-hybridized carbons (Fsp3) is 0. The van der Waals surface area contributed by atoms with Crippen LogP contribution in [0.3, 0.4) is 0 Å². The van der Waals surface area contributed by atoms with Gasteiger partial charge in [-0.25, -0.2) is 0 Å². The van der Waals surface area contributed by atoms with E-state index in [1.54, 1.807) is 0 Å². The first-order chi connectivity index (χ1) is 0. The third-order valence-electron chi connectivity index (χ3n) is 0. The summed E-state index contributed by atoms with van der Waals surface area (Å²) in [5, 5.41) is 0. The molecule has 0 aromatic rings. The van der Waals surface area contributed by atoms with Crippen molar-refractivity contribution in [1.82, 2.24) is 0 Å². The molecule has 0 aliphatic heterocycles. The van der Waals surface area contributed by atoms with Gasteiger partial charge in [-0.2, -0.15) is 0 Å². The molecule has 0 heterocycles. The molecule has 0 aliphatic carbocycles. The first-order valence-corrected chi connectivity index (χ1v) is 0. The molecule has 0 aromatic carbocycles. The molecular weight excluding hydrogens is 376 g/mol. The fourth-order valence-corrected chi connectivity index (χ4v) is 0. The molecule has 0 aromatic heterocycles. The predicted octanol–water partition coefficient (Wildman–Crippen LogP) is -0.391. The maximum atomic E-state index is 0. The summed E-state index contributed by atoms with van der Waals surface area (Å²) in [6.07, 6.45) is 0. The van der Waals surface area contributed by atoms with Gasteiger partial charge in [-0.3, -0.25) is 0 Å². The fourth-order valence-electron chi connectivity index (χ4n) is 0. The van der Waals surface area contributed by atoms with Crippen LogP contribution >= 0.6 is 0 Å². The number of rotatable bonds is 0. The molecule has 0 aliphatic rings. The van der Waals surface area contributed by atoms with E-state index in [4.69, 9.17) is 0 Å². The minimum absolute atomic E-state index is 0. The summed E-state index contributed by atoms with van der Waals surface area (Å²) in [4.78, 5) is 0. The monoisotopic (exact) mass is 376 g/mol. The van der Waals surface area contributed by atoms with Crippen LogP contribution in [0, 0.1) is 0 Å². The molecular formula is CrFeNiSnZr. The molecule has 0 unspecified atom stereocenters. The number of hydrogen-bond acceptors (Lipinski definition) is 0. The van der Waals surface area contributed by atoms with Crippen LogP contribution in [0.1, 0.15) is 0 Å². The van der Waals surface area contributed by atoms with E-state index >= 15 is 0 Å². The Kier molecular flexibility index (Phi) is 222. The minimum atomic E-state index is 0. The van der Waals surface area contributed by atoms with Crippen LogP contribution in [0.25, 0.3) is 0 Å². The third kappa shape index (κ3) is 19.0. The molecule has 4 radical (unpaired) electrons. The van der Waals surface area contributed by atoms with E-state index in [9.17, 15) is 0 Å². The van der Waals surface area contributed by atoms with Crippen molar-refractivity contribution >= 4 is 23.9 Å². The Balaban J connectivity index is 0. The standard InChI is InChI=1S/Cr.Fe.Ni.Sn.Zr. The van der Waals surface area contributed by atoms with E-state index < -0.39 is 0 Å². The van der Waals surface area contributed by atoms with E-state index in [1.807, 2.05) is 0 Å². The molecule has 0 saturated heterocycles. The summed E-state index contributed by atoms with van der Waals surface area (Å²) in [5.41, 5.74) is 0. The normalized spacial score (nSPS) is 0. The van der Waals surface area contributed by atoms with Gasteiger partial charge in [0.1, 0.15) is 0 Å². The van der Waals surface area contributed by atoms with Crippen LogP contribution in [0.5, 0.6) is 0 Å². The summed E-state index contributed by atoms with van der Waals surface area (Å²) in [5.74, 6) is 0. The van der Waals surface area contributed by atoms with Crippen LogP contribution in [0.2, 0.25) is 0 Å². The van der Waals surface area contributed by atoms with E-state index in [-0.39, 0.29) is 101 Å². The van der Waals surface area contributed by atoms with Gasteiger partial charge in [-0.1, -0.05) is 0 Å². The zero-order valence-electron chi connectivity index (χ0n) is 2.08. The molecule has 5 heteroatoms. The van der Waals surface area contributed by atoms with Gasteiger partial charge in [0.15, 0.2) is 0 Å². The Morgan fingerprint density at radius 3 is 1.00 bits per heavy atom. The van der Waals surface area contributed by atoms with E-state index in [0.717, 1.165) is 0 Å². The van der Waals surface area contributed by atoms with Gasteiger partial charge in [-0.05, 0) is 0 Å². The summed E-state index contributed by atoms with van der Waals surface area (Å²) in [7, 11) is 0. The Morgan fingerprint density at radius 1 is 1.00 bits per heavy atom. The first kappa shape index (κ1) is 41.3. The second kappa shape index (κ2) is 26.9. The average Bonchev–Trinajstić information content (AvgIpc) is 0. The van der Waals surface area contributed by atoms with Gasteiger partial charge in [0, 0.05) is 101 Å². The molecule has 5 heavy (non-hydrogen) atoms. The van der Waals surface area contributed by atoms with Gasteiger partial charge in [-0.15, -0.1) is 0 Å². The average molecular weight is 376 g/mol. The largest absolute Gasteiger partial charge is 0 e. The van der Waals surface area contributed by atoms with Gasteiger partial charge < -0.3 is 0 Å². The quantitative estimate of drug-likeness (QED) is 0.505. The Hall–Kier alpha value is 3.23. The van der Waals surface area contributed by atoms with Crippen LogP contribution in [0.4, 0.5) is 0 Å². The van der Waals surface area contributed by atoms with Crippen LogP contribution in [-0.2, 0) is 77.1 Å². The molecule has 0 amide bonds. The van der Waals surface area contributed by atoms with Crippen LogP contribution in [-0.4, -0.2) is 23.9 Å². The zero-order chi connectivity index (χ0) is 0. The van der Waals surface area contributed by atoms with Gasteiger partial charge in [0.2, 0.25) is 0 Å². The molecule has 0 N–H and O–H groups in total. The second-order valence-electron chi connectivity index (χ2n) is 0. The molecule has 0 saturated carbocycles. The van der Waals surface area contributed by atoms with E-state index in [1.165, 1.54) is 0 Å². The minimum Gasteiger partial charge on any atom is 0 e. The van der Waals surface area contributed by atoms with Gasteiger partial charge in [0.05, 0.1) is 0 Å². The molecule has 0 nitrogen and oxygen atoms in total. The number of hydrogen-bond donors (Lipinski definition) is 0. The molecule has 0 atom stereocenters. The van der Waals surface area contributed by atoms with Crippen molar-refractivity contribution in [3.05, 3.63) is 0 Å². The second-order valence-corrected chi connectivity index (χ2v) is 0. The molecule has 0 bridgehead atoms. The summed E-state index contributed by atoms with van der Waals surface area (Å²) >= 11 is 0. The van der Waals surface area contributed by atoms with Crippen molar-refractivity contribution in [1.29, 1.82) is 0 Å². The summed E-state index contributed by atoms with van der Waals surface area (Å²) < 4.78 is 0. The predicted molar refractivity (Wildman–Crippen MR) is 5.75 cm³/mol. The first-order valence-electron chi connectivity index (χ1n) is 0. The van der Waals surface area contributed by atoms with Crippen molar-refractivity contribution in [2.24, 2.45) is 0 Å². The van der Waals surface area contributed by atoms with Crippen molar-refractivity contribution in [2.45, 2.75) is 0 Å². The summed E-state index contributed by atoms with van der Waals surface area (Å²) in [6.45, 7) is 0. The third-order valence-corrected chi connectivity index (χ3v) is 0. The Morgan fingerprint density at radius 2 is 1.00 bits per heavy atom. The van der Waals surface area contributed by atoms with Crippen LogP contribution < -0.4 is 0 Å². The zero-order valence-corrected chi connectivity index (χ0v) is 10.8. The van der Waals surface area contributed by atoms with Gasteiger partial charge in [0.25, 0.3) is 0 Å². The smallest absolute Gasteiger partial charge is 0 e. The van der Waals surface area contributed by atoms with Gasteiger partial charge >= 0.3 is 0 Å². The Bertz CT molecular complexity index is 11.6. The maximum Gasteiger partial charge on any atom is 0 e. The SMILES string of the molecule is [Cr].[Fe].[Ni].[Sn].[Zr]. The Labute approximate surface area is 99.2 Å². The van der Waals surface area contributed by atoms with Crippen molar-refractivity contribution < 1.29 is 77.1 Å². The molecule has 0 rings (SSSR count). The topological polar surface area (TPSA) is 0 Å². The summed E-state index contributed by atoms with van der Waals surface area (Å²) in [6, 6.07) is 0. The van der Waals surface area contributed by atoms with Crippen LogP contribution in [0.15, 0.2) is 0 Å². The van der Waals surface area contributed by atoms with Crippen molar-refractivity contribution in [3.63, 3.8) is 0 Å². The molecule has 0 spiro atoms. The van der Waals surface area contributed by atoms with Crippen molar-refractivity contribution in [3.8, 4) is 0 Å². The maximum absolute atomic E-state index is 0. The molecule has 32 valence electrons. The van der Waals surface area contributed by atoms with E-state index in [0.29, 0.717) is 0 Å². The molecule has 0 fully saturated rings.